The van der Waals surface area contributed by atoms with E-state index >= 15 is 0 Å². The van der Waals surface area contributed by atoms with Crippen molar-refractivity contribution in [2.75, 3.05) is 6.61 Å². The number of rotatable bonds is 19. The first-order chi connectivity index (χ1) is 13.1. The van der Waals surface area contributed by atoms with Crippen LogP contribution in [0.2, 0.25) is 0 Å². The summed E-state index contributed by atoms with van der Waals surface area (Å²) in [4.78, 5) is 23.8. The van der Waals surface area contributed by atoms with E-state index in [0.717, 1.165) is 25.7 Å². The third-order valence-electron chi connectivity index (χ3n) is 4.98. The zero-order valence-corrected chi connectivity index (χ0v) is 18.3. The van der Waals surface area contributed by atoms with Gasteiger partial charge in [-0.15, -0.1) is 0 Å². The van der Waals surface area contributed by atoms with Crippen molar-refractivity contribution in [2.24, 2.45) is 0 Å². The normalized spacial score (nSPS) is 12.0. The van der Waals surface area contributed by atoms with E-state index < -0.39 is 6.04 Å². The van der Waals surface area contributed by atoms with Crippen LogP contribution in [0.3, 0.4) is 0 Å². The number of hydrogen-bond donors (Lipinski definition) is 1. The highest BCUT2D eigenvalue weighted by Gasteiger charge is 2.16. The number of nitrogens with one attached hydrogen (secondary N) is 1. The summed E-state index contributed by atoms with van der Waals surface area (Å²) in [5.74, 6) is -0.356. The molecule has 1 amide bonds. The molecule has 0 radical (unpaired) electrons. The third-order valence-corrected chi connectivity index (χ3v) is 4.98. The molecular weight excluding hydrogens is 338 g/mol. The van der Waals surface area contributed by atoms with Crippen LogP contribution in [0.5, 0.6) is 0 Å². The summed E-state index contributed by atoms with van der Waals surface area (Å²) in [6, 6.07) is -0.545. The zero-order chi connectivity index (χ0) is 20.2. The van der Waals surface area contributed by atoms with Gasteiger partial charge in [-0.25, -0.2) is 4.79 Å². The summed E-state index contributed by atoms with van der Waals surface area (Å²) >= 11 is 0. The number of unbranched alkanes of at least 4 members (excludes halogenated alkanes) is 13. The Morgan fingerprint density at radius 2 is 1.15 bits per heavy atom. The molecule has 0 fully saturated rings. The van der Waals surface area contributed by atoms with Gasteiger partial charge in [0.1, 0.15) is 6.04 Å². The van der Waals surface area contributed by atoms with Crippen LogP contribution in [0.15, 0.2) is 0 Å². The first kappa shape index (κ1) is 25.9. The highest BCUT2D eigenvalue weighted by molar-refractivity contribution is 5.84. The average Bonchev–Trinajstić information content (AvgIpc) is 2.65. The fourth-order valence-corrected chi connectivity index (χ4v) is 3.15. The number of esters is 1. The van der Waals surface area contributed by atoms with Crippen molar-refractivity contribution in [1.29, 1.82) is 0 Å². The van der Waals surface area contributed by atoms with Crippen LogP contribution in [0.25, 0.3) is 0 Å². The van der Waals surface area contributed by atoms with Gasteiger partial charge in [-0.3, -0.25) is 4.79 Å². The highest BCUT2D eigenvalue weighted by Crippen LogP contribution is 2.09. The van der Waals surface area contributed by atoms with E-state index in [9.17, 15) is 9.59 Å². The maximum atomic E-state index is 11.9. The predicted molar refractivity (Wildman–Crippen MR) is 114 cm³/mol. The van der Waals surface area contributed by atoms with Crippen LogP contribution < -0.4 is 5.32 Å². The molecule has 0 aromatic carbocycles. The lowest BCUT2D eigenvalue weighted by Gasteiger charge is -2.13. The minimum Gasteiger partial charge on any atom is -0.464 e. The standard InChI is InChI=1S/C23H45NO3/c1-4-6-8-10-12-14-16-18-20-27-23(26)21(3)24-22(25)19-17-15-13-11-9-7-5-2/h21H,4-20H2,1-3H3,(H,24,25)/t21-/m0/s1. The first-order valence-corrected chi connectivity index (χ1v) is 11.6. The Hall–Kier alpha value is -1.06. The van der Waals surface area contributed by atoms with E-state index in [-0.39, 0.29) is 11.9 Å². The quantitative estimate of drug-likeness (QED) is 0.210. The Morgan fingerprint density at radius 3 is 1.67 bits per heavy atom. The summed E-state index contributed by atoms with van der Waals surface area (Å²) in [6.45, 7) is 6.62. The molecule has 0 bridgehead atoms. The molecule has 0 unspecified atom stereocenters. The molecule has 0 aliphatic rings. The Morgan fingerprint density at radius 1 is 0.704 bits per heavy atom. The van der Waals surface area contributed by atoms with Crippen LogP contribution in [0.1, 0.15) is 124 Å². The van der Waals surface area contributed by atoms with Gasteiger partial charge in [-0.05, 0) is 19.8 Å². The monoisotopic (exact) mass is 383 g/mol. The number of carbonyl (C=O) groups is 2. The van der Waals surface area contributed by atoms with Crippen molar-refractivity contribution in [3.05, 3.63) is 0 Å². The highest BCUT2D eigenvalue weighted by atomic mass is 16.5. The lowest BCUT2D eigenvalue weighted by Crippen LogP contribution is -2.39. The fraction of sp³-hybridized carbons (Fsp3) is 0.913. The molecule has 1 N–H and O–H groups in total. The maximum Gasteiger partial charge on any atom is 0.328 e. The second-order valence-electron chi connectivity index (χ2n) is 7.80. The van der Waals surface area contributed by atoms with Gasteiger partial charge in [0.2, 0.25) is 5.91 Å². The van der Waals surface area contributed by atoms with E-state index in [2.05, 4.69) is 19.2 Å². The van der Waals surface area contributed by atoms with Crippen molar-refractivity contribution < 1.29 is 14.3 Å². The smallest absolute Gasteiger partial charge is 0.328 e. The Kier molecular flexibility index (Phi) is 18.9. The molecule has 4 heteroatoms. The number of hydrogen-bond acceptors (Lipinski definition) is 3. The first-order valence-electron chi connectivity index (χ1n) is 11.6. The SMILES string of the molecule is CCCCCCCCCCOC(=O)[C@H](C)NC(=O)CCCCCCCCC. The van der Waals surface area contributed by atoms with Crippen molar-refractivity contribution in [1.82, 2.24) is 5.32 Å². The molecule has 0 heterocycles. The van der Waals surface area contributed by atoms with Gasteiger partial charge >= 0.3 is 5.97 Å². The van der Waals surface area contributed by atoms with Gasteiger partial charge in [-0.1, -0.05) is 97.3 Å². The minimum absolute atomic E-state index is 0.0416. The van der Waals surface area contributed by atoms with Gasteiger partial charge in [0, 0.05) is 6.42 Å². The van der Waals surface area contributed by atoms with Gasteiger partial charge in [0.15, 0.2) is 0 Å². The molecule has 1 atom stereocenters. The molecule has 0 saturated heterocycles. The predicted octanol–water partition coefficient (Wildman–Crippen LogP) is 6.32. The van der Waals surface area contributed by atoms with Gasteiger partial charge in [-0.2, -0.15) is 0 Å². The van der Waals surface area contributed by atoms with E-state index in [1.54, 1.807) is 6.92 Å². The molecule has 0 saturated carbocycles. The molecule has 0 spiro atoms. The number of carbonyl (C=O) groups excluding carboxylic acids is 2. The second-order valence-corrected chi connectivity index (χ2v) is 7.80. The van der Waals surface area contributed by atoms with Crippen molar-refractivity contribution in [2.45, 2.75) is 130 Å². The summed E-state index contributed by atoms with van der Waals surface area (Å²) < 4.78 is 5.28. The number of ether oxygens (including phenoxy) is 1. The van der Waals surface area contributed by atoms with Crippen LogP contribution in [0, 0.1) is 0 Å². The van der Waals surface area contributed by atoms with Crippen LogP contribution in [0.4, 0.5) is 0 Å². The third kappa shape index (κ3) is 18.1. The molecule has 0 rings (SSSR count). The molecule has 0 aliphatic heterocycles. The molecule has 27 heavy (non-hydrogen) atoms. The van der Waals surface area contributed by atoms with E-state index in [1.807, 2.05) is 0 Å². The maximum absolute atomic E-state index is 11.9. The molecule has 4 nitrogen and oxygen atoms in total. The summed E-state index contributed by atoms with van der Waals surface area (Å²) in [5.41, 5.74) is 0. The van der Waals surface area contributed by atoms with E-state index in [0.29, 0.717) is 13.0 Å². The van der Waals surface area contributed by atoms with Crippen LogP contribution in [-0.2, 0) is 14.3 Å². The van der Waals surface area contributed by atoms with Crippen molar-refractivity contribution in [3.8, 4) is 0 Å². The largest absolute Gasteiger partial charge is 0.464 e. The van der Waals surface area contributed by atoms with Crippen LogP contribution in [-0.4, -0.2) is 24.5 Å². The van der Waals surface area contributed by atoms with Crippen molar-refractivity contribution >= 4 is 11.9 Å². The van der Waals surface area contributed by atoms with Crippen molar-refractivity contribution in [3.63, 3.8) is 0 Å². The second kappa shape index (κ2) is 19.7. The molecule has 160 valence electrons. The van der Waals surface area contributed by atoms with Gasteiger partial charge < -0.3 is 10.1 Å². The fourth-order valence-electron chi connectivity index (χ4n) is 3.15. The average molecular weight is 384 g/mol. The van der Waals surface area contributed by atoms with Gasteiger partial charge in [0.25, 0.3) is 0 Å². The Bertz CT molecular complexity index is 358. The molecular formula is C23H45NO3. The molecule has 0 aromatic heterocycles. The molecule has 0 aliphatic carbocycles. The molecule has 0 aromatic rings. The zero-order valence-electron chi connectivity index (χ0n) is 18.3. The minimum atomic E-state index is -0.545. The lowest BCUT2D eigenvalue weighted by atomic mass is 10.1. The summed E-state index contributed by atoms with van der Waals surface area (Å²) in [5, 5.41) is 2.76. The lowest BCUT2D eigenvalue weighted by molar-refractivity contribution is -0.147. The number of amides is 1. The van der Waals surface area contributed by atoms with E-state index in [1.165, 1.54) is 70.6 Å². The summed E-state index contributed by atoms with van der Waals surface area (Å²) in [7, 11) is 0. The Balaban J connectivity index is 3.52. The van der Waals surface area contributed by atoms with Crippen LogP contribution >= 0.6 is 0 Å². The van der Waals surface area contributed by atoms with Gasteiger partial charge in [0.05, 0.1) is 6.61 Å². The Labute approximate surface area is 168 Å². The summed E-state index contributed by atoms with van der Waals surface area (Å²) in [6.07, 6.45) is 18.6. The topological polar surface area (TPSA) is 55.4 Å². The van der Waals surface area contributed by atoms with E-state index in [4.69, 9.17) is 4.74 Å².